The molecule has 9 N–H and O–H groups in total. The number of aryl methyl sites for hydroxylation is 3. The van der Waals surface area contributed by atoms with Crippen LogP contribution < -0.4 is 37.6 Å². The standard InChI is InChI=1S/C52H64ClN9O8S.ClH/c1-28(30-16-18-33(19-17-30)45-29(2)56-27-71-45)57-48(67)39-25-35(63)26-61(39)51(70)46(52(3,4)5)60-42(65)15-7-6-10-31-11-9-14-37(43(31)53)58-47(66)38(22-23-41(55)64)59-49(68)40-24-34-13-8-12-32-20-21-36(54)50(69)62(40)44(32)34;/h8-9,11-14,16-19,27-28,35-36,38-40,46,63H,6-7,10,15,20-26,54H2,1-5H3,(H2,55,64)(H,57,67)(H,58,66)(H,59,68)(H,60,65);1H/t28-,35+,36-,38?,39-,40-,46+;/m0./s1. The number of nitrogens with one attached hydrogen (secondary N) is 4. The molecular formula is C52H65Cl2N9O8S. The molecule has 1 aromatic heterocycles. The zero-order chi connectivity index (χ0) is 51.3. The van der Waals surface area contributed by atoms with Gasteiger partial charge in [0.25, 0.3) is 0 Å². The van der Waals surface area contributed by atoms with Crippen LogP contribution in [-0.4, -0.2) is 99.2 Å². The summed E-state index contributed by atoms with van der Waals surface area (Å²) in [6, 6.07) is 13.4. The number of rotatable bonds is 18. The van der Waals surface area contributed by atoms with Crippen LogP contribution in [0.3, 0.4) is 0 Å². The molecule has 1 fully saturated rings. The lowest BCUT2D eigenvalue weighted by Gasteiger charge is -2.35. The van der Waals surface area contributed by atoms with Gasteiger partial charge in [0.1, 0.15) is 24.2 Å². The second-order valence-corrected chi connectivity index (χ2v) is 21.2. The van der Waals surface area contributed by atoms with E-state index in [1.165, 1.54) is 9.80 Å². The van der Waals surface area contributed by atoms with E-state index in [1.807, 2.05) is 77.1 Å². The fourth-order valence-corrected chi connectivity index (χ4v) is 10.7. The highest BCUT2D eigenvalue weighted by Crippen LogP contribution is 2.39. The van der Waals surface area contributed by atoms with E-state index in [9.17, 15) is 38.7 Å². The van der Waals surface area contributed by atoms with Crippen molar-refractivity contribution in [2.24, 2.45) is 16.9 Å². The van der Waals surface area contributed by atoms with Gasteiger partial charge in [0.2, 0.25) is 41.4 Å². The zero-order valence-electron chi connectivity index (χ0n) is 41.2. The second-order valence-electron chi connectivity index (χ2n) is 19.9. The largest absolute Gasteiger partial charge is 0.391 e. The van der Waals surface area contributed by atoms with Gasteiger partial charge in [-0.15, -0.1) is 23.7 Å². The SMILES string of the molecule is Cc1ncsc1-c1ccc([C@H](C)NC(=O)[C@@H]2C[C@@H](O)CN2C(=O)[C@@H](NC(=O)CCCCc2cccc(NC(=O)C(CCC(N)=O)NC(=O)[C@@H]3Cc4cccc5c4N3C(=O)[C@@H](N)CC5)c2Cl)C(C)(C)C)cc1.Cl. The van der Waals surface area contributed by atoms with Crippen LogP contribution in [0.2, 0.25) is 5.02 Å². The number of nitrogens with zero attached hydrogens (tertiary/aromatic N) is 3. The number of halogens is 2. The lowest BCUT2D eigenvalue weighted by Crippen LogP contribution is -2.57. The van der Waals surface area contributed by atoms with Crippen molar-refractivity contribution in [1.82, 2.24) is 25.8 Å². The molecule has 386 valence electrons. The third kappa shape index (κ3) is 12.8. The first kappa shape index (κ1) is 55.4. The van der Waals surface area contributed by atoms with Gasteiger partial charge in [-0.05, 0) is 91.7 Å². The summed E-state index contributed by atoms with van der Waals surface area (Å²) in [5.41, 5.74) is 19.0. The lowest BCUT2D eigenvalue weighted by molar-refractivity contribution is -0.144. The summed E-state index contributed by atoms with van der Waals surface area (Å²) in [6.45, 7) is 9.26. The molecule has 3 aliphatic heterocycles. The number of carbonyl (C=O) groups excluding carboxylic acids is 7. The van der Waals surface area contributed by atoms with Gasteiger partial charge >= 0.3 is 0 Å². The highest BCUT2D eigenvalue weighted by atomic mass is 35.5. The highest BCUT2D eigenvalue weighted by Gasteiger charge is 2.46. The summed E-state index contributed by atoms with van der Waals surface area (Å²) < 4.78 is 0. The summed E-state index contributed by atoms with van der Waals surface area (Å²) in [5, 5.41) is 22.5. The van der Waals surface area contributed by atoms with E-state index in [1.54, 1.807) is 35.0 Å². The topological polar surface area (TPSA) is 259 Å². The van der Waals surface area contributed by atoms with Gasteiger partial charge in [-0.1, -0.05) is 87.0 Å². The Morgan fingerprint density at radius 3 is 2.31 bits per heavy atom. The third-order valence-electron chi connectivity index (χ3n) is 13.6. The smallest absolute Gasteiger partial charge is 0.247 e. The number of likely N-dealkylation sites (tertiary alicyclic amines) is 1. The Morgan fingerprint density at radius 2 is 1.62 bits per heavy atom. The molecule has 1 unspecified atom stereocenters. The van der Waals surface area contributed by atoms with E-state index < -0.39 is 71.3 Å². The molecule has 17 nitrogen and oxygen atoms in total. The Labute approximate surface area is 435 Å². The van der Waals surface area contributed by atoms with Gasteiger partial charge in [0.15, 0.2) is 0 Å². The summed E-state index contributed by atoms with van der Waals surface area (Å²) in [7, 11) is 0. The molecule has 0 aliphatic carbocycles. The lowest BCUT2D eigenvalue weighted by atomic mass is 9.85. The molecule has 7 atom stereocenters. The number of unbranched alkanes of at least 4 members (excludes halogenated alkanes) is 1. The van der Waals surface area contributed by atoms with Crippen LogP contribution >= 0.6 is 35.3 Å². The van der Waals surface area contributed by atoms with Crippen molar-refractivity contribution in [3.63, 3.8) is 0 Å². The van der Waals surface area contributed by atoms with Crippen LogP contribution in [0.4, 0.5) is 11.4 Å². The summed E-state index contributed by atoms with van der Waals surface area (Å²) in [5.74, 6) is -3.45. The van der Waals surface area contributed by atoms with E-state index in [0.29, 0.717) is 43.4 Å². The minimum absolute atomic E-state index is 0. The fourth-order valence-electron chi connectivity index (χ4n) is 9.62. The van der Waals surface area contributed by atoms with Crippen LogP contribution in [0.5, 0.6) is 0 Å². The summed E-state index contributed by atoms with van der Waals surface area (Å²) >= 11 is 8.40. The van der Waals surface area contributed by atoms with Crippen molar-refractivity contribution in [2.75, 3.05) is 16.8 Å². The van der Waals surface area contributed by atoms with Gasteiger partial charge in [-0.2, -0.15) is 0 Å². The number of anilines is 2. The van der Waals surface area contributed by atoms with Crippen LogP contribution in [-0.2, 0) is 52.8 Å². The average Bonchev–Trinajstić information content (AvgIpc) is 4.04. The van der Waals surface area contributed by atoms with E-state index in [4.69, 9.17) is 23.1 Å². The molecule has 7 amide bonds. The second kappa shape index (κ2) is 23.7. The van der Waals surface area contributed by atoms with Gasteiger partial charge in [-0.3, -0.25) is 38.5 Å². The normalized spacial score (nSPS) is 19.5. The number of hydrogen-bond acceptors (Lipinski definition) is 11. The number of amides is 7. The predicted molar refractivity (Wildman–Crippen MR) is 279 cm³/mol. The minimum atomic E-state index is -1.20. The molecule has 0 radical (unpaired) electrons. The molecule has 4 heterocycles. The maximum absolute atomic E-state index is 14.2. The van der Waals surface area contributed by atoms with Crippen molar-refractivity contribution in [1.29, 1.82) is 0 Å². The van der Waals surface area contributed by atoms with Gasteiger partial charge in [0.05, 0.1) is 50.7 Å². The highest BCUT2D eigenvalue weighted by molar-refractivity contribution is 7.13. The Kier molecular flexibility index (Phi) is 18.3. The quantitative estimate of drug-likeness (QED) is 0.0642. The van der Waals surface area contributed by atoms with E-state index in [-0.39, 0.29) is 79.6 Å². The summed E-state index contributed by atoms with van der Waals surface area (Å²) in [4.78, 5) is 103. The Balaban J connectivity index is 0.00000847. The number of nitrogens with two attached hydrogens (primary N) is 2. The van der Waals surface area contributed by atoms with Crippen LogP contribution in [0.1, 0.15) is 107 Å². The average molecular weight is 1050 g/mol. The van der Waals surface area contributed by atoms with Crippen LogP contribution in [0.15, 0.2) is 66.2 Å². The molecule has 20 heteroatoms. The molecule has 0 bridgehead atoms. The maximum Gasteiger partial charge on any atom is 0.247 e. The number of para-hydroxylation sites is 1. The Hall–Kier alpha value is -5.92. The molecule has 3 aliphatic rings. The zero-order valence-corrected chi connectivity index (χ0v) is 43.6. The predicted octanol–water partition coefficient (Wildman–Crippen LogP) is 5.20. The molecule has 0 spiro atoms. The van der Waals surface area contributed by atoms with E-state index in [0.717, 1.165) is 32.8 Å². The Bertz CT molecular complexity index is 2680. The van der Waals surface area contributed by atoms with Crippen LogP contribution in [0.25, 0.3) is 10.4 Å². The number of aliphatic hydroxyl groups is 1. The van der Waals surface area contributed by atoms with Crippen molar-refractivity contribution < 1.29 is 38.7 Å². The number of benzene rings is 3. The number of aliphatic hydroxyl groups excluding tert-OH is 1. The van der Waals surface area contributed by atoms with E-state index >= 15 is 0 Å². The first-order chi connectivity index (χ1) is 33.7. The molecular weight excluding hydrogens is 982 g/mol. The number of hydrogen-bond donors (Lipinski definition) is 7. The maximum atomic E-state index is 14.2. The number of aromatic nitrogens is 1. The summed E-state index contributed by atoms with van der Waals surface area (Å²) in [6.07, 6.45) is 1.57. The monoisotopic (exact) mass is 1050 g/mol. The van der Waals surface area contributed by atoms with Gasteiger partial charge < -0.3 is 42.7 Å². The van der Waals surface area contributed by atoms with Crippen LogP contribution in [0, 0.1) is 12.3 Å². The first-order valence-corrected chi connectivity index (χ1v) is 25.4. The number of primary amides is 1. The van der Waals surface area contributed by atoms with Crippen molar-refractivity contribution in [3.05, 3.63) is 99.1 Å². The number of carbonyl (C=O) groups is 7. The van der Waals surface area contributed by atoms with Gasteiger partial charge in [-0.25, -0.2) is 4.98 Å². The number of thiazole rings is 1. The Morgan fingerprint density at radius 1 is 0.931 bits per heavy atom. The minimum Gasteiger partial charge on any atom is -0.391 e. The molecule has 4 aromatic rings. The first-order valence-electron chi connectivity index (χ1n) is 24.2. The fraction of sp³-hybridized carbons (Fsp3) is 0.462. The van der Waals surface area contributed by atoms with Crippen molar-refractivity contribution >= 4 is 88.1 Å². The molecule has 3 aromatic carbocycles. The van der Waals surface area contributed by atoms with E-state index in [2.05, 4.69) is 26.3 Å². The molecule has 72 heavy (non-hydrogen) atoms. The van der Waals surface area contributed by atoms with Crippen molar-refractivity contribution in [2.45, 2.75) is 141 Å². The van der Waals surface area contributed by atoms with Gasteiger partial charge in [0, 0.05) is 32.2 Å². The third-order valence-corrected chi connectivity index (χ3v) is 15.0. The van der Waals surface area contributed by atoms with Crippen molar-refractivity contribution in [3.8, 4) is 10.4 Å². The molecule has 1 saturated heterocycles. The molecule has 0 saturated carbocycles. The molecule has 7 rings (SSSR count). The number of β-amino-alcohol motifs (C(OH)–C–C–N with tert-alkyl or cyclic N) is 1.